The first-order valence-electron chi connectivity index (χ1n) is 4.12. The number of nitrogen functional groups attached to an aromatic ring is 1. The molecule has 0 aliphatic carbocycles. The number of ether oxygens (including phenoxy) is 1. The largest absolute Gasteiger partial charge is 0.435 e. The minimum atomic E-state index is -2.85. The first kappa shape index (κ1) is 9.57. The van der Waals surface area contributed by atoms with Gasteiger partial charge in [0.2, 0.25) is 0 Å². The monoisotopic (exact) mass is 211 g/mol. The summed E-state index contributed by atoms with van der Waals surface area (Å²) in [6, 6.07) is 4.34. The van der Waals surface area contributed by atoms with Gasteiger partial charge in [0, 0.05) is 5.39 Å². The van der Waals surface area contributed by atoms with Crippen molar-refractivity contribution in [2.45, 2.75) is 6.61 Å². The number of hydrogen-bond donors (Lipinski definition) is 1. The second kappa shape index (κ2) is 3.64. The van der Waals surface area contributed by atoms with Crippen molar-refractivity contribution < 1.29 is 13.5 Å². The lowest BCUT2D eigenvalue weighted by atomic mass is 10.2. The van der Waals surface area contributed by atoms with Gasteiger partial charge in [-0.25, -0.2) is 9.97 Å². The lowest BCUT2D eigenvalue weighted by molar-refractivity contribution is -0.0497. The summed E-state index contributed by atoms with van der Waals surface area (Å²) in [5.41, 5.74) is 6.15. The average Bonchev–Trinajstić information content (AvgIpc) is 2.18. The van der Waals surface area contributed by atoms with Gasteiger partial charge in [-0.05, 0) is 18.2 Å². The molecular formula is C9H7F2N3O. The van der Waals surface area contributed by atoms with E-state index in [1.807, 2.05) is 0 Å². The summed E-state index contributed by atoms with van der Waals surface area (Å²) >= 11 is 0. The Morgan fingerprint density at radius 3 is 2.80 bits per heavy atom. The maximum absolute atomic E-state index is 11.9. The Bertz CT molecular complexity index is 490. The van der Waals surface area contributed by atoms with Crippen LogP contribution in [0.1, 0.15) is 0 Å². The molecule has 0 aliphatic heterocycles. The number of nitrogens with two attached hydrogens (primary N) is 1. The number of rotatable bonds is 2. The quantitative estimate of drug-likeness (QED) is 0.822. The van der Waals surface area contributed by atoms with E-state index in [1.165, 1.54) is 18.5 Å². The summed E-state index contributed by atoms with van der Waals surface area (Å²) in [5, 5.41) is 0.496. The van der Waals surface area contributed by atoms with Crippen molar-refractivity contribution in [3.8, 4) is 5.75 Å². The molecule has 0 aliphatic rings. The van der Waals surface area contributed by atoms with Crippen LogP contribution in [0, 0.1) is 0 Å². The van der Waals surface area contributed by atoms with E-state index in [0.717, 1.165) is 0 Å². The van der Waals surface area contributed by atoms with Crippen LogP contribution in [0.3, 0.4) is 0 Å². The standard InChI is InChI=1S/C9H7F2N3O/c10-9(11)15-5-1-2-7-6(3-5)8(12)14-4-13-7/h1-4,9H,(H2,12,13,14). The van der Waals surface area contributed by atoms with Crippen LogP contribution in [0.15, 0.2) is 24.5 Å². The fraction of sp³-hybridized carbons (Fsp3) is 0.111. The third-order valence-electron chi connectivity index (χ3n) is 1.86. The van der Waals surface area contributed by atoms with Crippen LogP contribution < -0.4 is 10.5 Å². The van der Waals surface area contributed by atoms with Crippen LogP contribution in [0.25, 0.3) is 10.9 Å². The van der Waals surface area contributed by atoms with Gasteiger partial charge in [0.25, 0.3) is 0 Å². The smallest absolute Gasteiger partial charge is 0.387 e. The second-order valence-electron chi connectivity index (χ2n) is 2.82. The Labute approximate surface area is 83.7 Å². The number of halogens is 2. The second-order valence-corrected chi connectivity index (χ2v) is 2.82. The van der Waals surface area contributed by atoms with Gasteiger partial charge >= 0.3 is 6.61 Å². The zero-order chi connectivity index (χ0) is 10.8. The first-order chi connectivity index (χ1) is 7.16. The maximum atomic E-state index is 11.9. The topological polar surface area (TPSA) is 61.0 Å². The summed E-state index contributed by atoms with van der Waals surface area (Å²) in [6.07, 6.45) is 1.31. The number of benzene rings is 1. The Morgan fingerprint density at radius 1 is 1.27 bits per heavy atom. The normalized spacial score (nSPS) is 10.9. The molecular weight excluding hydrogens is 204 g/mol. The van der Waals surface area contributed by atoms with Crippen LogP contribution >= 0.6 is 0 Å². The zero-order valence-corrected chi connectivity index (χ0v) is 7.52. The molecule has 4 nitrogen and oxygen atoms in total. The molecule has 1 heterocycles. The molecule has 0 radical (unpaired) electrons. The molecule has 78 valence electrons. The van der Waals surface area contributed by atoms with Crippen LogP contribution in [-0.4, -0.2) is 16.6 Å². The summed E-state index contributed by atoms with van der Waals surface area (Å²) in [5.74, 6) is 0.277. The third-order valence-corrected chi connectivity index (χ3v) is 1.86. The lowest BCUT2D eigenvalue weighted by Gasteiger charge is -2.05. The van der Waals surface area contributed by atoms with Crippen molar-refractivity contribution >= 4 is 16.7 Å². The third kappa shape index (κ3) is 1.93. The van der Waals surface area contributed by atoms with E-state index in [9.17, 15) is 8.78 Å². The number of alkyl halides is 2. The van der Waals surface area contributed by atoms with Crippen molar-refractivity contribution in [1.82, 2.24) is 9.97 Å². The number of fused-ring (bicyclic) bond motifs is 1. The van der Waals surface area contributed by atoms with Gasteiger partial charge in [-0.1, -0.05) is 0 Å². The van der Waals surface area contributed by atoms with Crippen molar-refractivity contribution in [2.75, 3.05) is 5.73 Å². The molecule has 6 heteroatoms. The Balaban J connectivity index is 2.50. The molecule has 0 saturated carbocycles. The number of anilines is 1. The van der Waals surface area contributed by atoms with Crippen LogP contribution in [-0.2, 0) is 0 Å². The van der Waals surface area contributed by atoms with Gasteiger partial charge < -0.3 is 10.5 Å². The van der Waals surface area contributed by atoms with Gasteiger partial charge in [0.05, 0.1) is 5.52 Å². The molecule has 0 fully saturated rings. The van der Waals surface area contributed by atoms with E-state index in [0.29, 0.717) is 10.9 Å². The lowest BCUT2D eigenvalue weighted by Crippen LogP contribution is -2.02. The van der Waals surface area contributed by atoms with E-state index >= 15 is 0 Å². The number of hydrogen-bond acceptors (Lipinski definition) is 4. The van der Waals surface area contributed by atoms with E-state index in [1.54, 1.807) is 6.07 Å². The van der Waals surface area contributed by atoms with E-state index in [-0.39, 0.29) is 11.6 Å². The average molecular weight is 211 g/mol. The zero-order valence-electron chi connectivity index (χ0n) is 7.52. The summed E-state index contributed by atoms with van der Waals surface area (Å²) in [6.45, 7) is -2.85. The van der Waals surface area contributed by atoms with Crippen LogP contribution in [0.2, 0.25) is 0 Å². The molecule has 15 heavy (non-hydrogen) atoms. The highest BCUT2D eigenvalue weighted by molar-refractivity contribution is 5.88. The minimum absolute atomic E-state index is 0.0407. The van der Waals surface area contributed by atoms with Crippen molar-refractivity contribution in [1.29, 1.82) is 0 Å². The van der Waals surface area contributed by atoms with Crippen molar-refractivity contribution in [3.05, 3.63) is 24.5 Å². The Morgan fingerprint density at radius 2 is 2.07 bits per heavy atom. The van der Waals surface area contributed by atoms with Crippen molar-refractivity contribution in [2.24, 2.45) is 0 Å². The molecule has 0 amide bonds. The molecule has 2 aromatic rings. The molecule has 2 N–H and O–H groups in total. The molecule has 2 rings (SSSR count). The predicted octanol–water partition coefficient (Wildman–Crippen LogP) is 1.81. The highest BCUT2D eigenvalue weighted by atomic mass is 19.3. The fourth-order valence-electron chi connectivity index (χ4n) is 1.23. The predicted molar refractivity (Wildman–Crippen MR) is 50.6 cm³/mol. The van der Waals surface area contributed by atoms with Gasteiger partial charge in [0.15, 0.2) is 0 Å². The van der Waals surface area contributed by atoms with E-state index < -0.39 is 6.61 Å². The fourth-order valence-corrected chi connectivity index (χ4v) is 1.23. The summed E-state index contributed by atoms with van der Waals surface area (Å²) in [7, 11) is 0. The molecule has 0 bridgehead atoms. The van der Waals surface area contributed by atoms with Crippen molar-refractivity contribution in [3.63, 3.8) is 0 Å². The minimum Gasteiger partial charge on any atom is -0.435 e. The molecule has 0 atom stereocenters. The SMILES string of the molecule is Nc1ncnc2ccc(OC(F)F)cc12. The maximum Gasteiger partial charge on any atom is 0.387 e. The van der Waals surface area contributed by atoms with Crippen LogP contribution in [0.4, 0.5) is 14.6 Å². The molecule has 0 spiro atoms. The van der Waals surface area contributed by atoms with Gasteiger partial charge in [-0.15, -0.1) is 0 Å². The molecule has 1 aromatic heterocycles. The molecule has 0 unspecified atom stereocenters. The van der Waals surface area contributed by atoms with Gasteiger partial charge in [-0.3, -0.25) is 0 Å². The number of aromatic nitrogens is 2. The highest BCUT2D eigenvalue weighted by Gasteiger charge is 2.06. The Kier molecular flexibility index (Phi) is 2.32. The summed E-state index contributed by atoms with van der Waals surface area (Å²) in [4.78, 5) is 7.68. The summed E-state index contributed by atoms with van der Waals surface area (Å²) < 4.78 is 28.1. The number of nitrogens with zero attached hydrogens (tertiary/aromatic N) is 2. The van der Waals surface area contributed by atoms with E-state index in [2.05, 4.69) is 14.7 Å². The first-order valence-corrected chi connectivity index (χ1v) is 4.12. The Hall–Kier alpha value is -1.98. The van der Waals surface area contributed by atoms with Gasteiger partial charge in [0.1, 0.15) is 17.9 Å². The molecule has 0 saturated heterocycles. The van der Waals surface area contributed by atoms with Gasteiger partial charge in [-0.2, -0.15) is 8.78 Å². The van der Waals surface area contributed by atoms with E-state index in [4.69, 9.17) is 5.73 Å². The highest BCUT2D eigenvalue weighted by Crippen LogP contribution is 2.23. The van der Waals surface area contributed by atoms with Crippen LogP contribution in [0.5, 0.6) is 5.75 Å². The molecule has 1 aromatic carbocycles.